The van der Waals surface area contributed by atoms with Crippen LogP contribution in [0.3, 0.4) is 0 Å². The summed E-state index contributed by atoms with van der Waals surface area (Å²) >= 11 is 1.30. The molecule has 0 atom stereocenters. The number of rotatable bonds is 5. The number of phenolic OH excluding ortho intramolecular Hbond substituents is 1. The number of phenols is 1. The normalized spacial score (nSPS) is 10.4. The lowest BCUT2D eigenvalue weighted by Crippen LogP contribution is -2.17. The van der Waals surface area contributed by atoms with E-state index >= 15 is 0 Å². The van der Waals surface area contributed by atoms with Gasteiger partial charge in [0.15, 0.2) is 0 Å². The van der Waals surface area contributed by atoms with E-state index in [1.54, 1.807) is 18.2 Å². The molecular weight excluding hydrogens is 310 g/mol. The average Bonchev–Trinajstić information content (AvgIpc) is 2.47. The monoisotopic (exact) mass is 331 g/mol. The lowest BCUT2D eigenvalue weighted by molar-refractivity contribution is -0.118. The number of benzene rings is 2. The van der Waals surface area contributed by atoms with E-state index in [9.17, 15) is 9.90 Å². The van der Waals surface area contributed by atoms with Crippen molar-refractivity contribution in [2.45, 2.75) is 27.2 Å². The standard InChI is InChI=1S/C18H21NO3S/c1-11-9-15(5-6-16(11)20)22-18-12(2)7-14(8-13(18)3)10-17(21)19-23-4/h5-9,20H,10H2,1-4H3,(H,19,21). The molecule has 0 saturated carbocycles. The van der Waals surface area contributed by atoms with Crippen molar-refractivity contribution in [2.24, 2.45) is 0 Å². The molecule has 0 fully saturated rings. The summed E-state index contributed by atoms with van der Waals surface area (Å²) in [5.41, 5.74) is 3.68. The molecule has 2 aromatic rings. The van der Waals surface area contributed by atoms with Gasteiger partial charge in [-0.05, 0) is 61.2 Å². The fourth-order valence-electron chi connectivity index (χ4n) is 2.45. The molecule has 0 aliphatic heterocycles. The van der Waals surface area contributed by atoms with Crippen LogP contribution in [0.15, 0.2) is 30.3 Å². The molecule has 0 aliphatic carbocycles. The number of aryl methyl sites for hydroxylation is 3. The van der Waals surface area contributed by atoms with Crippen molar-refractivity contribution in [3.63, 3.8) is 0 Å². The Bertz CT molecular complexity index is 705. The van der Waals surface area contributed by atoms with Crippen LogP contribution in [0.2, 0.25) is 0 Å². The third kappa shape index (κ3) is 4.42. The molecular formula is C18H21NO3S. The number of hydrogen-bond donors (Lipinski definition) is 2. The van der Waals surface area contributed by atoms with Gasteiger partial charge >= 0.3 is 0 Å². The van der Waals surface area contributed by atoms with Crippen molar-refractivity contribution < 1.29 is 14.6 Å². The number of aromatic hydroxyl groups is 1. The van der Waals surface area contributed by atoms with E-state index in [0.29, 0.717) is 12.2 Å². The predicted molar refractivity (Wildman–Crippen MR) is 94.2 cm³/mol. The highest BCUT2D eigenvalue weighted by Gasteiger charge is 2.11. The molecule has 2 rings (SSSR count). The summed E-state index contributed by atoms with van der Waals surface area (Å²) in [6.45, 7) is 5.76. The Labute approximate surface area is 141 Å². The Kier molecular flexibility index (Phi) is 5.55. The first-order valence-electron chi connectivity index (χ1n) is 7.30. The van der Waals surface area contributed by atoms with E-state index in [0.717, 1.165) is 28.0 Å². The van der Waals surface area contributed by atoms with E-state index < -0.39 is 0 Å². The molecule has 122 valence electrons. The molecule has 2 N–H and O–H groups in total. The summed E-state index contributed by atoms with van der Waals surface area (Å²) in [6, 6.07) is 9.09. The summed E-state index contributed by atoms with van der Waals surface area (Å²) in [6.07, 6.45) is 2.17. The summed E-state index contributed by atoms with van der Waals surface area (Å²) in [7, 11) is 0. The Morgan fingerprint density at radius 2 is 1.78 bits per heavy atom. The second kappa shape index (κ2) is 7.42. The Balaban J connectivity index is 2.23. The van der Waals surface area contributed by atoms with Gasteiger partial charge in [-0.2, -0.15) is 0 Å². The molecule has 0 heterocycles. The molecule has 0 unspecified atom stereocenters. The van der Waals surface area contributed by atoms with Crippen LogP contribution in [-0.2, 0) is 11.2 Å². The van der Waals surface area contributed by atoms with E-state index in [2.05, 4.69) is 4.72 Å². The largest absolute Gasteiger partial charge is 0.508 e. The zero-order chi connectivity index (χ0) is 17.0. The van der Waals surface area contributed by atoms with Crippen LogP contribution in [0.4, 0.5) is 0 Å². The lowest BCUT2D eigenvalue weighted by Gasteiger charge is -2.14. The van der Waals surface area contributed by atoms with Gasteiger partial charge in [0.1, 0.15) is 17.2 Å². The third-order valence-electron chi connectivity index (χ3n) is 3.49. The number of carbonyl (C=O) groups is 1. The van der Waals surface area contributed by atoms with Crippen LogP contribution in [0.25, 0.3) is 0 Å². The van der Waals surface area contributed by atoms with Gasteiger partial charge in [0.05, 0.1) is 6.42 Å². The highest BCUT2D eigenvalue weighted by Crippen LogP contribution is 2.32. The van der Waals surface area contributed by atoms with Gasteiger partial charge in [0, 0.05) is 6.26 Å². The first kappa shape index (κ1) is 17.2. The minimum absolute atomic E-state index is 0.0147. The second-order valence-corrected chi connectivity index (χ2v) is 6.13. The third-order valence-corrected chi connectivity index (χ3v) is 3.92. The Hall–Kier alpha value is -2.14. The highest BCUT2D eigenvalue weighted by molar-refractivity contribution is 7.97. The second-order valence-electron chi connectivity index (χ2n) is 5.52. The average molecular weight is 331 g/mol. The number of nitrogens with one attached hydrogen (secondary N) is 1. The van der Waals surface area contributed by atoms with E-state index in [4.69, 9.17) is 4.74 Å². The van der Waals surface area contributed by atoms with Crippen molar-refractivity contribution in [3.8, 4) is 17.2 Å². The van der Waals surface area contributed by atoms with Crippen LogP contribution in [0.5, 0.6) is 17.2 Å². The van der Waals surface area contributed by atoms with Crippen LogP contribution in [0.1, 0.15) is 22.3 Å². The van der Waals surface area contributed by atoms with Gasteiger partial charge < -0.3 is 14.6 Å². The maximum absolute atomic E-state index is 11.7. The van der Waals surface area contributed by atoms with Gasteiger partial charge in [0.2, 0.25) is 5.91 Å². The number of hydrogen-bond acceptors (Lipinski definition) is 4. The number of ether oxygens (including phenoxy) is 1. The maximum atomic E-state index is 11.7. The van der Waals surface area contributed by atoms with E-state index in [-0.39, 0.29) is 11.7 Å². The maximum Gasteiger partial charge on any atom is 0.234 e. The molecule has 0 spiro atoms. The van der Waals surface area contributed by atoms with Crippen LogP contribution in [0, 0.1) is 20.8 Å². The van der Waals surface area contributed by atoms with Crippen molar-refractivity contribution in [3.05, 3.63) is 52.6 Å². The quantitative estimate of drug-likeness (QED) is 0.812. The Morgan fingerprint density at radius 3 is 2.35 bits per heavy atom. The lowest BCUT2D eigenvalue weighted by atomic mass is 10.0. The molecule has 2 aromatic carbocycles. The molecule has 4 nitrogen and oxygen atoms in total. The molecule has 5 heteroatoms. The summed E-state index contributed by atoms with van der Waals surface area (Å²) < 4.78 is 8.69. The van der Waals surface area contributed by atoms with Crippen molar-refractivity contribution in [2.75, 3.05) is 6.26 Å². The smallest absolute Gasteiger partial charge is 0.234 e. The molecule has 0 saturated heterocycles. The molecule has 23 heavy (non-hydrogen) atoms. The van der Waals surface area contributed by atoms with Crippen molar-refractivity contribution in [1.29, 1.82) is 0 Å². The van der Waals surface area contributed by atoms with Gasteiger partial charge in [-0.15, -0.1) is 0 Å². The van der Waals surface area contributed by atoms with Gasteiger partial charge in [0.25, 0.3) is 0 Å². The zero-order valence-electron chi connectivity index (χ0n) is 13.8. The fraction of sp³-hybridized carbons (Fsp3) is 0.278. The molecule has 0 radical (unpaired) electrons. The number of amides is 1. The molecule has 0 aromatic heterocycles. The minimum Gasteiger partial charge on any atom is -0.508 e. The SMILES string of the molecule is CSNC(=O)Cc1cc(C)c(Oc2ccc(O)c(C)c2)c(C)c1. The first-order valence-corrected chi connectivity index (χ1v) is 8.52. The van der Waals surface area contributed by atoms with Crippen LogP contribution in [-0.4, -0.2) is 17.3 Å². The zero-order valence-corrected chi connectivity index (χ0v) is 14.6. The number of carbonyl (C=O) groups excluding carboxylic acids is 1. The summed E-state index contributed by atoms with van der Waals surface area (Å²) in [5.74, 6) is 1.70. The molecule has 0 bridgehead atoms. The summed E-state index contributed by atoms with van der Waals surface area (Å²) in [5, 5.41) is 9.59. The Morgan fingerprint density at radius 1 is 1.13 bits per heavy atom. The van der Waals surface area contributed by atoms with Crippen LogP contribution < -0.4 is 9.46 Å². The van der Waals surface area contributed by atoms with Crippen molar-refractivity contribution >= 4 is 17.9 Å². The summed E-state index contributed by atoms with van der Waals surface area (Å²) in [4.78, 5) is 11.7. The predicted octanol–water partition coefficient (Wildman–Crippen LogP) is 4.05. The molecule has 1 amide bonds. The first-order chi connectivity index (χ1) is 10.9. The van der Waals surface area contributed by atoms with Gasteiger partial charge in [-0.1, -0.05) is 24.1 Å². The molecule has 0 aliphatic rings. The topological polar surface area (TPSA) is 58.6 Å². The van der Waals surface area contributed by atoms with E-state index in [1.807, 2.05) is 39.2 Å². The van der Waals surface area contributed by atoms with Crippen LogP contribution >= 0.6 is 11.9 Å². The van der Waals surface area contributed by atoms with Gasteiger partial charge in [-0.3, -0.25) is 4.79 Å². The van der Waals surface area contributed by atoms with Gasteiger partial charge in [-0.25, -0.2) is 0 Å². The van der Waals surface area contributed by atoms with Crippen molar-refractivity contribution in [1.82, 2.24) is 4.72 Å². The fourth-order valence-corrected chi connectivity index (χ4v) is 2.75. The van der Waals surface area contributed by atoms with E-state index in [1.165, 1.54) is 11.9 Å². The highest BCUT2D eigenvalue weighted by atomic mass is 32.2. The minimum atomic E-state index is -0.0147.